The Hall–Kier alpha value is 0.190. The Morgan fingerprint density at radius 3 is 2.88 bits per heavy atom. The molecule has 16 heavy (non-hydrogen) atoms. The summed E-state index contributed by atoms with van der Waals surface area (Å²) in [5.74, 6) is -0.0542. The highest BCUT2D eigenvalue weighted by Crippen LogP contribution is 2.17. The highest BCUT2D eigenvalue weighted by molar-refractivity contribution is 14.1. The topological polar surface area (TPSA) is 29.1 Å². The molecule has 0 fully saturated rings. The molecule has 0 aliphatic heterocycles. The highest BCUT2D eigenvalue weighted by atomic mass is 127. The van der Waals surface area contributed by atoms with E-state index in [0.29, 0.717) is 17.1 Å². The minimum atomic E-state index is -0.0542. The third kappa shape index (κ3) is 4.59. The number of halogens is 3. The molecule has 0 aliphatic rings. The molecular formula is C11H12BrClINO. The number of hydrogen-bond donors (Lipinski definition) is 1. The number of amides is 1. The van der Waals surface area contributed by atoms with Gasteiger partial charge in [-0.05, 0) is 53.6 Å². The lowest BCUT2D eigenvalue weighted by Crippen LogP contribution is -2.25. The molecule has 0 heterocycles. The van der Waals surface area contributed by atoms with E-state index < -0.39 is 0 Å². The Labute approximate surface area is 122 Å². The Bertz CT molecular complexity index is 373. The molecule has 0 aromatic heterocycles. The Kier molecular flexibility index (Phi) is 6.68. The van der Waals surface area contributed by atoms with Gasteiger partial charge in [0.15, 0.2) is 0 Å². The molecule has 1 aromatic carbocycles. The summed E-state index contributed by atoms with van der Waals surface area (Å²) < 4.78 is 0.917. The van der Waals surface area contributed by atoms with Crippen LogP contribution < -0.4 is 5.32 Å². The second kappa shape index (κ2) is 7.50. The van der Waals surface area contributed by atoms with Gasteiger partial charge in [-0.2, -0.15) is 0 Å². The van der Waals surface area contributed by atoms with Gasteiger partial charge >= 0.3 is 0 Å². The molecule has 0 unspecified atom stereocenters. The van der Waals surface area contributed by atoms with Crippen LogP contribution in [0.3, 0.4) is 0 Å². The van der Waals surface area contributed by atoms with Gasteiger partial charge in [0.1, 0.15) is 0 Å². The van der Waals surface area contributed by atoms with Crippen molar-refractivity contribution in [3.8, 4) is 0 Å². The van der Waals surface area contributed by atoms with Crippen molar-refractivity contribution in [1.29, 1.82) is 0 Å². The lowest BCUT2D eigenvalue weighted by Gasteiger charge is -2.06. The Morgan fingerprint density at radius 2 is 2.19 bits per heavy atom. The summed E-state index contributed by atoms with van der Waals surface area (Å²) in [7, 11) is 0. The van der Waals surface area contributed by atoms with E-state index >= 15 is 0 Å². The standard InChI is InChI=1S/C11H12BrClINO/c12-5-1-2-6-15-11(16)9-7-8(13)3-4-10(9)14/h3-4,7H,1-2,5-6H2,(H,15,16). The van der Waals surface area contributed by atoms with E-state index in [1.165, 1.54) is 0 Å². The molecular weight excluding hydrogens is 404 g/mol. The molecule has 0 bridgehead atoms. The van der Waals surface area contributed by atoms with Crippen LogP contribution in [-0.2, 0) is 0 Å². The minimum Gasteiger partial charge on any atom is -0.352 e. The Morgan fingerprint density at radius 1 is 1.44 bits per heavy atom. The van der Waals surface area contributed by atoms with Gasteiger partial charge in [-0.25, -0.2) is 0 Å². The van der Waals surface area contributed by atoms with Crippen molar-refractivity contribution in [1.82, 2.24) is 5.32 Å². The normalized spacial score (nSPS) is 10.2. The van der Waals surface area contributed by atoms with Crippen molar-refractivity contribution in [3.63, 3.8) is 0 Å². The van der Waals surface area contributed by atoms with Crippen LogP contribution in [-0.4, -0.2) is 17.8 Å². The van der Waals surface area contributed by atoms with Gasteiger partial charge < -0.3 is 5.32 Å². The number of nitrogens with one attached hydrogen (secondary N) is 1. The van der Waals surface area contributed by atoms with Crippen molar-refractivity contribution in [2.24, 2.45) is 0 Å². The molecule has 1 rings (SSSR count). The predicted octanol–water partition coefficient (Wildman–Crippen LogP) is 3.85. The van der Waals surface area contributed by atoms with Crippen LogP contribution in [0.2, 0.25) is 5.02 Å². The van der Waals surface area contributed by atoms with Gasteiger partial charge in [-0.1, -0.05) is 27.5 Å². The molecule has 2 nitrogen and oxygen atoms in total. The molecule has 5 heteroatoms. The van der Waals surface area contributed by atoms with Crippen LogP contribution in [0.25, 0.3) is 0 Å². The molecule has 1 N–H and O–H groups in total. The van der Waals surface area contributed by atoms with Crippen LogP contribution in [0, 0.1) is 3.57 Å². The fraction of sp³-hybridized carbons (Fsp3) is 0.364. The van der Waals surface area contributed by atoms with Crippen molar-refractivity contribution >= 4 is 56.0 Å². The highest BCUT2D eigenvalue weighted by Gasteiger charge is 2.09. The predicted molar refractivity (Wildman–Crippen MR) is 79.5 cm³/mol. The molecule has 0 saturated carbocycles. The molecule has 1 aromatic rings. The van der Waals surface area contributed by atoms with Crippen molar-refractivity contribution in [2.45, 2.75) is 12.8 Å². The second-order valence-electron chi connectivity index (χ2n) is 3.28. The van der Waals surface area contributed by atoms with Crippen LogP contribution in [0.5, 0.6) is 0 Å². The quantitative estimate of drug-likeness (QED) is 0.441. The average molecular weight is 416 g/mol. The van der Waals surface area contributed by atoms with E-state index in [2.05, 4.69) is 43.8 Å². The van der Waals surface area contributed by atoms with Gasteiger partial charge in [-0.3, -0.25) is 4.79 Å². The fourth-order valence-electron chi connectivity index (χ4n) is 1.19. The minimum absolute atomic E-state index is 0.0542. The lowest BCUT2D eigenvalue weighted by atomic mass is 10.2. The molecule has 0 saturated heterocycles. The first-order valence-electron chi connectivity index (χ1n) is 4.94. The van der Waals surface area contributed by atoms with E-state index in [-0.39, 0.29) is 5.91 Å². The summed E-state index contributed by atoms with van der Waals surface area (Å²) in [5, 5.41) is 4.44. The molecule has 1 amide bonds. The third-order valence-corrected chi connectivity index (χ3v) is 3.76. The third-order valence-electron chi connectivity index (χ3n) is 2.02. The summed E-state index contributed by atoms with van der Waals surface area (Å²) in [5.41, 5.74) is 0.645. The number of hydrogen-bond acceptors (Lipinski definition) is 1. The van der Waals surface area contributed by atoms with E-state index in [4.69, 9.17) is 11.6 Å². The maximum Gasteiger partial charge on any atom is 0.252 e. The number of carbonyl (C=O) groups excluding carboxylic acids is 1. The van der Waals surface area contributed by atoms with Gasteiger partial charge in [-0.15, -0.1) is 0 Å². The Balaban J connectivity index is 2.55. The zero-order valence-corrected chi connectivity index (χ0v) is 13.1. The van der Waals surface area contributed by atoms with E-state index in [1.807, 2.05) is 6.07 Å². The van der Waals surface area contributed by atoms with Crippen molar-refractivity contribution < 1.29 is 4.79 Å². The first kappa shape index (κ1) is 14.3. The summed E-state index contributed by atoms with van der Waals surface area (Å²) >= 11 is 11.3. The zero-order chi connectivity index (χ0) is 12.0. The fourth-order valence-corrected chi connectivity index (χ4v) is 2.34. The van der Waals surface area contributed by atoms with Crippen LogP contribution >= 0.6 is 50.1 Å². The van der Waals surface area contributed by atoms with Gasteiger partial charge in [0.05, 0.1) is 5.56 Å². The lowest BCUT2D eigenvalue weighted by molar-refractivity contribution is 0.0952. The molecule has 0 spiro atoms. The van der Waals surface area contributed by atoms with Crippen molar-refractivity contribution in [3.05, 3.63) is 32.4 Å². The monoisotopic (exact) mass is 415 g/mol. The number of unbranched alkanes of at least 4 members (excludes halogenated alkanes) is 1. The summed E-state index contributed by atoms with van der Waals surface area (Å²) in [6, 6.07) is 5.32. The maximum atomic E-state index is 11.8. The summed E-state index contributed by atoms with van der Waals surface area (Å²) in [6.45, 7) is 0.701. The van der Waals surface area contributed by atoms with Crippen molar-refractivity contribution in [2.75, 3.05) is 11.9 Å². The maximum absolute atomic E-state index is 11.8. The largest absolute Gasteiger partial charge is 0.352 e. The van der Waals surface area contributed by atoms with Crippen LogP contribution in [0.15, 0.2) is 18.2 Å². The van der Waals surface area contributed by atoms with Gasteiger partial charge in [0, 0.05) is 20.5 Å². The smallest absolute Gasteiger partial charge is 0.252 e. The van der Waals surface area contributed by atoms with E-state index in [1.54, 1.807) is 12.1 Å². The number of alkyl halides is 1. The second-order valence-corrected chi connectivity index (χ2v) is 5.67. The van der Waals surface area contributed by atoms with Gasteiger partial charge in [0.2, 0.25) is 0 Å². The van der Waals surface area contributed by atoms with Gasteiger partial charge in [0.25, 0.3) is 5.91 Å². The molecule has 0 atom stereocenters. The SMILES string of the molecule is O=C(NCCCCBr)c1cc(Cl)ccc1I. The molecule has 0 radical (unpaired) electrons. The average Bonchev–Trinajstić information content (AvgIpc) is 2.27. The molecule has 88 valence electrons. The number of benzene rings is 1. The number of carbonyl (C=O) groups is 1. The first-order chi connectivity index (χ1) is 7.65. The first-order valence-corrected chi connectivity index (χ1v) is 7.52. The summed E-state index contributed by atoms with van der Waals surface area (Å²) in [6.07, 6.45) is 2.04. The molecule has 0 aliphatic carbocycles. The zero-order valence-electron chi connectivity index (χ0n) is 8.60. The number of rotatable bonds is 5. The van der Waals surface area contributed by atoms with Crippen LogP contribution in [0.4, 0.5) is 0 Å². The van der Waals surface area contributed by atoms with E-state index in [0.717, 1.165) is 21.7 Å². The summed E-state index contributed by atoms with van der Waals surface area (Å²) in [4.78, 5) is 11.8. The van der Waals surface area contributed by atoms with Crippen LogP contribution in [0.1, 0.15) is 23.2 Å². The van der Waals surface area contributed by atoms with E-state index in [9.17, 15) is 4.79 Å².